The molecule has 0 aliphatic carbocycles. The standard InChI is InChI=1S/C9H19O4/c1-3-11-6-7-13-9-8-12-5-4-10-2/h1,3-9H2,2H3/q-1. The van der Waals surface area contributed by atoms with Gasteiger partial charge >= 0.3 is 0 Å². The van der Waals surface area contributed by atoms with Crippen LogP contribution in [0, 0.1) is 6.92 Å². The first-order valence-corrected chi connectivity index (χ1v) is 4.43. The van der Waals surface area contributed by atoms with Gasteiger partial charge in [-0.1, -0.05) is 6.61 Å². The normalized spacial score (nSPS) is 10.6. The summed E-state index contributed by atoms with van der Waals surface area (Å²) in [5.74, 6) is 0. The highest BCUT2D eigenvalue weighted by molar-refractivity contribution is 4.34. The van der Waals surface area contributed by atoms with Crippen LogP contribution >= 0.6 is 0 Å². The van der Waals surface area contributed by atoms with Crippen LogP contribution in [0.4, 0.5) is 0 Å². The minimum absolute atomic E-state index is 0.494. The molecule has 0 unspecified atom stereocenters. The van der Waals surface area contributed by atoms with Crippen LogP contribution in [-0.2, 0) is 18.9 Å². The minimum atomic E-state index is 0.494. The van der Waals surface area contributed by atoms with Gasteiger partial charge in [-0.15, -0.1) is 0 Å². The van der Waals surface area contributed by atoms with E-state index in [1.54, 1.807) is 7.11 Å². The predicted molar refractivity (Wildman–Crippen MR) is 49.7 cm³/mol. The zero-order valence-corrected chi connectivity index (χ0v) is 8.29. The molecule has 0 amide bonds. The number of ether oxygens (including phenoxy) is 4. The largest absolute Gasteiger partial charge is 0.411 e. The van der Waals surface area contributed by atoms with Gasteiger partial charge in [0.15, 0.2) is 0 Å². The molecule has 0 aromatic heterocycles. The Kier molecular flexibility index (Phi) is 11.7. The van der Waals surface area contributed by atoms with E-state index < -0.39 is 0 Å². The van der Waals surface area contributed by atoms with Crippen LogP contribution in [-0.4, -0.2) is 53.4 Å². The summed E-state index contributed by atoms with van der Waals surface area (Å²) < 4.78 is 20.2. The summed E-state index contributed by atoms with van der Waals surface area (Å²) >= 11 is 0. The molecule has 0 fully saturated rings. The molecule has 0 aliphatic heterocycles. The second kappa shape index (κ2) is 11.8. The van der Waals surface area contributed by atoms with E-state index in [1.165, 1.54) is 0 Å². The molecule has 0 saturated carbocycles. The Morgan fingerprint density at radius 2 is 1.23 bits per heavy atom. The molecule has 0 radical (unpaired) electrons. The number of methoxy groups -OCH3 is 1. The van der Waals surface area contributed by atoms with Gasteiger partial charge in [0.2, 0.25) is 0 Å². The van der Waals surface area contributed by atoms with Crippen molar-refractivity contribution in [3.8, 4) is 0 Å². The van der Waals surface area contributed by atoms with E-state index in [0.29, 0.717) is 46.2 Å². The van der Waals surface area contributed by atoms with Gasteiger partial charge in [-0.2, -0.15) is 0 Å². The van der Waals surface area contributed by atoms with E-state index in [-0.39, 0.29) is 0 Å². The third kappa shape index (κ3) is 11.8. The summed E-state index contributed by atoms with van der Waals surface area (Å²) in [6.07, 6.45) is 0. The number of hydrogen-bond acceptors (Lipinski definition) is 4. The first-order valence-electron chi connectivity index (χ1n) is 4.43. The van der Waals surface area contributed by atoms with Crippen LogP contribution in [0.25, 0.3) is 0 Å². The summed E-state index contributed by atoms with van der Waals surface area (Å²) in [6, 6.07) is 0. The Morgan fingerprint density at radius 3 is 1.69 bits per heavy atom. The van der Waals surface area contributed by atoms with Crippen molar-refractivity contribution in [2.24, 2.45) is 0 Å². The molecule has 0 aromatic rings. The molecule has 0 saturated heterocycles. The SMILES string of the molecule is [CH2-]COCCOCCOCCOC. The van der Waals surface area contributed by atoms with Gasteiger partial charge in [-0.3, -0.25) is 0 Å². The molecule has 0 heterocycles. The Hall–Kier alpha value is -0.160. The molecule has 4 nitrogen and oxygen atoms in total. The zero-order valence-electron chi connectivity index (χ0n) is 8.29. The second-order valence-electron chi connectivity index (χ2n) is 2.33. The van der Waals surface area contributed by atoms with Crippen LogP contribution in [0.1, 0.15) is 0 Å². The third-order valence-electron chi connectivity index (χ3n) is 1.32. The quantitative estimate of drug-likeness (QED) is 0.372. The molecular formula is C9H19O4-. The molecule has 0 rings (SSSR count). The van der Waals surface area contributed by atoms with Gasteiger partial charge in [0.05, 0.1) is 39.6 Å². The van der Waals surface area contributed by atoms with Gasteiger partial charge in [-0.05, 0) is 0 Å². The maximum atomic E-state index is 5.20. The molecule has 80 valence electrons. The lowest BCUT2D eigenvalue weighted by Gasteiger charge is -2.06. The lowest BCUT2D eigenvalue weighted by Crippen LogP contribution is -2.11. The van der Waals surface area contributed by atoms with Crippen molar-refractivity contribution >= 4 is 0 Å². The van der Waals surface area contributed by atoms with Gasteiger partial charge in [-0.25, -0.2) is 0 Å². The zero-order chi connectivity index (χ0) is 9.78. The molecule has 0 bridgehead atoms. The summed E-state index contributed by atoms with van der Waals surface area (Å²) in [5, 5.41) is 0. The third-order valence-corrected chi connectivity index (χ3v) is 1.32. The monoisotopic (exact) mass is 191 g/mol. The molecule has 0 aliphatic rings. The van der Waals surface area contributed by atoms with Crippen molar-refractivity contribution in [2.75, 3.05) is 53.4 Å². The summed E-state index contributed by atoms with van der Waals surface area (Å²) in [4.78, 5) is 0. The minimum Gasteiger partial charge on any atom is -0.411 e. The fourth-order valence-electron chi connectivity index (χ4n) is 0.684. The van der Waals surface area contributed by atoms with Crippen LogP contribution in [0.15, 0.2) is 0 Å². The van der Waals surface area contributed by atoms with Crippen molar-refractivity contribution < 1.29 is 18.9 Å². The Bertz CT molecular complexity index is 77.7. The smallest absolute Gasteiger partial charge is 0.0701 e. The number of hydrogen-bond donors (Lipinski definition) is 0. The van der Waals surface area contributed by atoms with Crippen molar-refractivity contribution in [3.63, 3.8) is 0 Å². The van der Waals surface area contributed by atoms with Gasteiger partial charge in [0.1, 0.15) is 0 Å². The molecular weight excluding hydrogens is 172 g/mol. The van der Waals surface area contributed by atoms with Gasteiger partial charge < -0.3 is 25.9 Å². The van der Waals surface area contributed by atoms with E-state index in [0.717, 1.165) is 0 Å². The van der Waals surface area contributed by atoms with Crippen LogP contribution in [0.2, 0.25) is 0 Å². The van der Waals surface area contributed by atoms with Crippen LogP contribution in [0.3, 0.4) is 0 Å². The van der Waals surface area contributed by atoms with Crippen LogP contribution in [0.5, 0.6) is 0 Å². The first kappa shape index (κ1) is 12.8. The molecule has 0 N–H and O–H groups in total. The van der Waals surface area contributed by atoms with Crippen molar-refractivity contribution in [1.82, 2.24) is 0 Å². The highest BCUT2D eigenvalue weighted by atomic mass is 16.5. The predicted octanol–water partition coefficient (Wildman–Crippen LogP) is 0.517. The van der Waals surface area contributed by atoms with Gasteiger partial charge in [0, 0.05) is 7.11 Å². The summed E-state index contributed by atoms with van der Waals surface area (Å²) in [7, 11) is 1.65. The topological polar surface area (TPSA) is 36.9 Å². The number of rotatable bonds is 10. The lowest BCUT2D eigenvalue weighted by molar-refractivity contribution is 0.00691. The highest BCUT2D eigenvalue weighted by Crippen LogP contribution is 1.80. The maximum absolute atomic E-state index is 5.20. The molecule has 0 atom stereocenters. The Balaban J connectivity index is 2.76. The van der Waals surface area contributed by atoms with E-state index >= 15 is 0 Å². The maximum Gasteiger partial charge on any atom is 0.0701 e. The fourth-order valence-corrected chi connectivity index (χ4v) is 0.684. The highest BCUT2D eigenvalue weighted by Gasteiger charge is 1.89. The van der Waals surface area contributed by atoms with Crippen LogP contribution < -0.4 is 0 Å². The molecule has 0 spiro atoms. The molecule has 4 heteroatoms. The summed E-state index contributed by atoms with van der Waals surface area (Å²) in [6.45, 7) is 7.69. The lowest BCUT2D eigenvalue weighted by atomic mass is 10.7. The van der Waals surface area contributed by atoms with E-state index in [4.69, 9.17) is 18.9 Å². The second-order valence-corrected chi connectivity index (χ2v) is 2.33. The van der Waals surface area contributed by atoms with Crippen molar-refractivity contribution in [1.29, 1.82) is 0 Å². The average molecular weight is 191 g/mol. The fraction of sp³-hybridized carbons (Fsp3) is 0.889. The van der Waals surface area contributed by atoms with E-state index in [2.05, 4.69) is 6.92 Å². The Morgan fingerprint density at radius 1 is 0.769 bits per heavy atom. The van der Waals surface area contributed by atoms with Crippen molar-refractivity contribution in [3.05, 3.63) is 6.92 Å². The van der Waals surface area contributed by atoms with Gasteiger partial charge in [0.25, 0.3) is 0 Å². The Labute approximate surface area is 80.1 Å². The molecule has 13 heavy (non-hydrogen) atoms. The molecule has 0 aromatic carbocycles. The van der Waals surface area contributed by atoms with E-state index in [1.807, 2.05) is 0 Å². The first-order chi connectivity index (χ1) is 6.41. The average Bonchev–Trinajstić information content (AvgIpc) is 2.16. The van der Waals surface area contributed by atoms with Crippen molar-refractivity contribution in [2.45, 2.75) is 0 Å². The summed E-state index contributed by atoms with van der Waals surface area (Å²) in [5.41, 5.74) is 0. The van der Waals surface area contributed by atoms with E-state index in [9.17, 15) is 0 Å².